The van der Waals surface area contributed by atoms with Crippen LogP contribution in [0.4, 0.5) is 18.9 Å². The van der Waals surface area contributed by atoms with Gasteiger partial charge in [-0.1, -0.05) is 18.2 Å². The third-order valence-electron chi connectivity index (χ3n) is 4.19. The second-order valence-corrected chi connectivity index (χ2v) is 6.90. The van der Waals surface area contributed by atoms with Crippen LogP contribution in [0.1, 0.15) is 27.9 Å². The number of allylic oxidation sites excluding steroid dienone is 1. The molecule has 0 radical (unpaired) electrons. The summed E-state index contributed by atoms with van der Waals surface area (Å²) < 4.78 is 47.9. The molecule has 9 heteroatoms. The molecule has 0 aliphatic carbocycles. The Labute approximate surface area is 183 Å². The molecule has 0 N–H and O–H groups in total. The monoisotopic (exact) mass is 449 g/mol. The molecule has 0 aromatic heterocycles. The Hall–Kier alpha value is -3.62. The van der Waals surface area contributed by atoms with Gasteiger partial charge in [0.05, 0.1) is 11.1 Å². The number of anilines is 1. The number of halogens is 3. The van der Waals surface area contributed by atoms with E-state index in [2.05, 4.69) is 0 Å². The van der Waals surface area contributed by atoms with Gasteiger partial charge in [0.2, 0.25) is 0 Å². The van der Waals surface area contributed by atoms with Crippen molar-refractivity contribution >= 4 is 29.5 Å². The summed E-state index contributed by atoms with van der Waals surface area (Å²) in [5.41, 5.74) is 0.598. The smallest absolute Gasteiger partial charge is 0.416 e. The van der Waals surface area contributed by atoms with Crippen LogP contribution in [0.15, 0.2) is 54.6 Å². The van der Waals surface area contributed by atoms with Crippen molar-refractivity contribution in [3.8, 4) is 0 Å². The van der Waals surface area contributed by atoms with Crippen LogP contribution in [0.2, 0.25) is 0 Å². The van der Waals surface area contributed by atoms with Crippen molar-refractivity contribution in [1.29, 1.82) is 0 Å². The molecule has 2 rings (SSSR count). The molecule has 170 valence electrons. The Morgan fingerprint density at radius 2 is 1.62 bits per heavy atom. The highest BCUT2D eigenvalue weighted by molar-refractivity contribution is 6.04. The van der Waals surface area contributed by atoms with Gasteiger partial charge >= 0.3 is 18.1 Å². The van der Waals surface area contributed by atoms with E-state index < -0.39 is 35.9 Å². The largest absolute Gasteiger partial charge is 0.462 e. The zero-order chi connectivity index (χ0) is 23.7. The van der Waals surface area contributed by atoms with E-state index in [1.807, 2.05) is 19.0 Å². The van der Waals surface area contributed by atoms with Gasteiger partial charge < -0.3 is 14.4 Å². The molecule has 0 heterocycles. The van der Waals surface area contributed by atoms with Crippen molar-refractivity contribution in [3.63, 3.8) is 0 Å². The summed E-state index contributed by atoms with van der Waals surface area (Å²) >= 11 is 0. The summed E-state index contributed by atoms with van der Waals surface area (Å²) in [5.74, 6) is -2.05. The predicted molar refractivity (Wildman–Crippen MR) is 112 cm³/mol. The van der Waals surface area contributed by atoms with E-state index in [9.17, 15) is 27.6 Å². The second-order valence-electron chi connectivity index (χ2n) is 6.90. The third kappa shape index (κ3) is 7.90. The average Bonchev–Trinajstić information content (AvgIpc) is 2.75. The topological polar surface area (TPSA) is 72.9 Å². The fraction of sp³-hybridized carbons (Fsp3) is 0.261. The lowest BCUT2D eigenvalue weighted by molar-refractivity contribution is -0.146. The zero-order valence-electron chi connectivity index (χ0n) is 17.5. The quantitative estimate of drug-likeness (QED) is 0.248. The molecule has 0 bridgehead atoms. The fourth-order valence-electron chi connectivity index (χ4n) is 2.53. The van der Waals surface area contributed by atoms with Crippen molar-refractivity contribution < 1.29 is 37.0 Å². The first-order valence-electron chi connectivity index (χ1n) is 9.54. The highest BCUT2D eigenvalue weighted by atomic mass is 19.4. The van der Waals surface area contributed by atoms with Crippen molar-refractivity contribution in [2.24, 2.45) is 0 Å². The Morgan fingerprint density at radius 3 is 2.25 bits per heavy atom. The van der Waals surface area contributed by atoms with Gasteiger partial charge in [0.15, 0.2) is 5.78 Å². The van der Waals surface area contributed by atoms with Crippen molar-refractivity contribution in [1.82, 2.24) is 0 Å². The maximum atomic E-state index is 12.7. The Balaban J connectivity index is 1.73. The summed E-state index contributed by atoms with van der Waals surface area (Å²) in [7, 11) is 3.74. The molecule has 0 aliphatic heterocycles. The maximum Gasteiger partial charge on any atom is 0.416 e. The van der Waals surface area contributed by atoms with Crippen LogP contribution in [0.25, 0.3) is 6.08 Å². The van der Waals surface area contributed by atoms with E-state index in [1.165, 1.54) is 18.2 Å². The van der Waals surface area contributed by atoms with E-state index in [4.69, 9.17) is 9.47 Å². The fourth-order valence-corrected chi connectivity index (χ4v) is 2.53. The number of esters is 2. The minimum absolute atomic E-state index is 0.173. The average molecular weight is 449 g/mol. The van der Waals surface area contributed by atoms with Crippen LogP contribution in [0.3, 0.4) is 0 Å². The summed E-state index contributed by atoms with van der Waals surface area (Å²) in [6.07, 6.45) is -2.88. The first kappa shape index (κ1) is 24.6. The lowest BCUT2D eigenvalue weighted by Gasteiger charge is -2.12. The van der Waals surface area contributed by atoms with Crippen molar-refractivity contribution in [2.75, 3.05) is 32.2 Å². The van der Waals surface area contributed by atoms with E-state index in [0.29, 0.717) is 5.56 Å². The maximum absolute atomic E-state index is 12.7. The minimum atomic E-state index is -4.49. The molecule has 0 saturated carbocycles. The summed E-state index contributed by atoms with van der Waals surface area (Å²) in [6.45, 7) is -0.417. The van der Waals surface area contributed by atoms with E-state index in [-0.39, 0.29) is 18.8 Å². The Bertz CT molecular complexity index is 982. The first-order valence-corrected chi connectivity index (χ1v) is 9.54. The summed E-state index contributed by atoms with van der Waals surface area (Å²) in [6, 6.07) is 11.2. The number of nitrogens with zero attached hydrogens (tertiary/aromatic N) is 1. The molecule has 6 nitrogen and oxygen atoms in total. The molecule has 2 aromatic carbocycles. The number of hydrogen-bond donors (Lipinski definition) is 0. The van der Waals surface area contributed by atoms with Gasteiger partial charge in [0.1, 0.15) is 19.6 Å². The van der Waals surface area contributed by atoms with Crippen LogP contribution >= 0.6 is 0 Å². The number of rotatable bonds is 9. The molecule has 2 aromatic rings. The highest BCUT2D eigenvalue weighted by Crippen LogP contribution is 2.29. The first-order chi connectivity index (χ1) is 15.1. The molecular formula is C23H22F3NO5. The number of benzene rings is 2. The predicted octanol–water partition coefficient (Wildman–Crippen LogP) is 4.14. The molecule has 0 atom stereocenters. The lowest BCUT2D eigenvalue weighted by atomic mass is 10.1. The molecule has 0 aliphatic rings. The molecule has 32 heavy (non-hydrogen) atoms. The number of ether oxygens (including phenoxy) is 2. The van der Waals surface area contributed by atoms with Gasteiger partial charge in [0, 0.05) is 19.8 Å². The van der Waals surface area contributed by atoms with Crippen LogP contribution in [-0.2, 0) is 25.2 Å². The van der Waals surface area contributed by atoms with Crippen LogP contribution < -0.4 is 4.90 Å². The molecule has 0 fully saturated rings. The highest BCUT2D eigenvalue weighted by Gasteiger charge is 2.30. The minimum Gasteiger partial charge on any atom is -0.462 e. The van der Waals surface area contributed by atoms with Gasteiger partial charge in [-0.3, -0.25) is 9.59 Å². The van der Waals surface area contributed by atoms with Crippen molar-refractivity contribution in [3.05, 3.63) is 71.3 Å². The normalized spacial score (nSPS) is 11.3. The number of ketones is 1. The Morgan fingerprint density at radius 1 is 0.969 bits per heavy atom. The number of alkyl halides is 3. The van der Waals surface area contributed by atoms with E-state index in [1.54, 1.807) is 24.3 Å². The van der Waals surface area contributed by atoms with E-state index in [0.717, 1.165) is 23.9 Å². The van der Waals surface area contributed by atoms with Gasteiger partial charge in [-0.2, -0.15) is 13.2 Å². The van der Waals surface area contributed by atoms with Gasteiger partial charge in [-0.25, -0.2) is 4.79 Å². The number of carbonyl (C=O) groups is 3. The van der Waals surface area contributed by atoms with Crippen LogP contribution in [0.5, 0.6) is 0 Å². The molecule has 0 unspecified atom stereocenters. The van der Waals surface area contributed by atoms with Gasteiger partial charge in [0.25, 0.3) is 0 Å². The molecule has 0 spiro atoms. The molecule has 0 amide bonds. The van der Waals surface area contributed by atoms with Gasteiger partial charge in [-0.05, 0) is 48.0 Å². The summed E-state index contributed by atoms with van der Waals surface area (Å²) in [4.78, 5) is 37.3. The van der Waals surface area contributed by atoms with Crippen LogP contribution in [-0.4, -0.2) is 45.0 Å². The summed E-state index contributed by atoms with van der Waals surface area (Å²) in [5, 5.41) is 0. The lowest BCUT2D eigenvalue weighted by Crippen LogP contribution is -2.16. The van der Waals surface area contributed by atoms with Gasteiger partial charge in [-0.15, -0.1) is 0 Å². The molecular weight excluding hydrogens is 427 g/mol. The standard InChI is InChI=1S/C23H22F3NO5/c1-27(2)19-9-7-17(8-10-19)22(30)32-13-12-31-21(29)15-20(28)11-6-16-4-3-5-18(14-16)23(24,25)26/h3-11,14H,12-13,15H2,1-2H3. The second kappa shape index (κ2) is 11.1. The van der Waals surface area contributed by atoms with Crippen molar-refractivity contribution in [2.45, 2.75) is 12.6 Å². The SMILES string of the molecule is CN(C)c1ccc(C(=O)OCCOC(=O)CC(=O)C=Cc2cccc(C(F)(F)F)c2)cc1. The zero-order valence-corrected chi connectivity index (χ0v) is 17.5. The van der Waals surface area contributed by atoms with Crippen LogP contribution in [0, 0.1) is 0 Å². The number of hydrogen-bond acceptors (Lipinski definition) is 6. The molecule has 0 saturated heterocycles. The van der Waals surface area contributed by atoms with E-state index >= 15 is 0 Å². The third-order valence-corrected chi connectivity index (χ3v) is 4.19. The number of carbonyl (C=O) groups excluding carboxylic acids is 3. The Kier molecular flexibility index (Phi) is 8.57.